The van der Waals surface area contributed by atoms with Crippen molar-refractivity contribution in [1.82, 2.24) is 19.9 Å². The van der Waals surface area contributed by atoms with Gasteiger partial charge in [0.15, 0.2) is 0 Å². The van der Waals surface area contributed by atoms with E-state index in [0.29, 0.717) is 6.54 Å². The molecule has 0 unspecified atom stereocenters. The maximum atomic E-state index is 4.22. The van der Waals surface area contributed by atoms with Gasteiger partial charge in [0, 0.05) is 12.4 Å². The van der Waals surface area contributed by atoms with Gasteiger partial charge in [-0.1, -0.05) is 0 Å². The molecule has 0 saturated heterocycles. The molecule has 3 aromatic heterocycles. The number of aromatic nitrogens is 4. The highest BCUT2D eigenvalue weighted by molar-refractivity contribution is 7.16. The molecule has 3 aromatic rings. The number of hydrogen-bond donors (Lipinski definition) is 2. The number of nitrogens with one attached hydrogen (secondary N) is 2. The van der Waals surface area contributed by atoms with Crippen LogP contribution in [0.2, 0.25) is 0 Å². The Labute approximate surface area is 95.6 Å². The van der Waals surface area contributed by atoms with Crippen molar-refractivity contribution in [2.75, 3.05) is 5.32 Å². The van der Waals surface area contributed by atoms with Crippen molar-refractivity contribution in [3.63, 3.8) is 0 Å². The Morgan fingerprint density at radius 3 is 3.19 bits per heavy atom. The number of fused-ring (bicyclic) bond motifs is 1. The molecule has 16 heavy (non-hydrogen) atoms. The van der Waals surface area contributed by atoms with E-state index in [0.717, 1.165) is 21.9 Å². The van der Waals surface area contributed by atoms with E-state index in [-0.39, 0.29) is 0 Å². The quantitative estimate of drug-likeness (QED) is 0.723. The molecule has 0 aliphatic heterocycles. The molecule has 0 spiro atoms. The van der Waals surface area contributed by atoms with Gasteiger partial charge >= 0.3 is 0 Å². The average molecular weight is 231 g/mol. The van der Waals surface area contributed by atoms with Crippen LogP contribution in [-0.2, 0) is 6.54 Å². The molecule has 3 heterocycles. The molecule has 0 aliphatic carbocycles. The molecule has 80 valence electrons. The van der Waals surface area contributed by atoms with E-state index in [1.54, 1.807) is 30.1 Å². The van der Waals surface area contributed by atoms with Crippen LogP contribution in [0.25, 0.3) is 10.2 Å². The third-order valence-corrected chi connectivity index (χ3v) is 3.06. The monoisotopic (exact) mass is 231 g/mol. The van der Waals surface area contributed by atoms with Crippen molar-refractivity contribution in [3.05, 3.63) is 36.0 Å². The summed E-state index contributed by atoms with van der Waals surface area (Å²) in [5, 5.41) is 6.30. The second-order valence-corrected chi connectivity index (χ2v) is 4.15. The molecule has 0 amide bonds. The second kappa shape index (κ2) is 3.90. The van der Waals surface area contributed by atoms with Crippen LogP contribution in [0, 0.1) is 0 Å². The van der Waals surface area contributed by atoms with E-state index in [2.05, 4.69) is 25.3 Å². The number of imidazole rings is 1. The highest BCUT2D eigenvalue weighted by Crippen LogP contribution is 2.23. The zero-order valence-electron chi connectivity index (χ0n) is 8.34. The van der Waals surface area contributed by atoms with Crippen molar-refractivity contribution in [1.29, 1.82) is 0 Å². The molecule has 0 bridgehead atoms. The molecular weight excluding hydrogens is 222 g/mol. The first kappa shape index (κ1) is 9.29. The highest BCUT2D eigenvalue weighted by Gasteiger charge is 2.04. The smallest absolute Gasteiger partial charge is 0.138 e. The summed E-state index contributed by atoms with van der Waals surface area (Å²) in [5.74, 6) is 1.74. The molecular formula is C10H9N5S. The zero-order chi connectivity index (χ0) is 10.8. The summed E-state index contributed by atoms with van der Waals surface area (Å²) in [6, 6.07) is 2.02. The molecule has 2 N–H and O–H groups in total. The number of nitrogens with zero attached hydrogens (tertiary/aromatic N) is 3. The van der Waals surface area contributed by atoms with Crippen molar-refractivity contribution in [2.24, 2.45) is 0 Å². The summed E-state index contributed by atoms with van der Waals surface area (Å²) in [5.41, 5.74) is 0. The van der Waals surface area contributed by atoms with E-state index in [1.165, 1.54) is 0 Å². The van der Waals surface area contributed by atoms with Crippen LogP contribution in [0.1, 0.15) is 5.82 Å². The fourth-order valence-corrected chi connectivity index (χ4v) is 2.23. The van der Waals surface area contributed by atoms with Crippen LogP contribution < -0.4 is 5.32 Å². The Hall–Kier alpha value is -1.95. The van der Waals surface area contributed by atoms with E-state index in [9.17, 15) is 0 Å². The van der Waals surface area contributed by atoms with Gasteiger partial charge in [0.1, 0.15) is 22.8 Å². The largest absolute Gasteiger partial charge is 0.362 e. The predicted molar refractivity (Wildman–Crippen MR) is 63.3 cm³/mol. The van der Waals surface area contributed by atoms with Gasteiger partial charge in [-0.3, -0.25) is 0 Å². The Balaban J connectivity index is 1.86. The van der Waals surface area contributed by atoms with E-state index in [4.69, 9.17) is 0 Å². The third kappa shape index (κ3) is 1.63. The SMILES string of the molecule is c1c[nH]c(CNc2ncnc3sccc23)n1. The van der Waals surface area contributed by atoms with Gasteiger partial charge in [-0.25, -0.2) is 15.0 Å². The fourth-order valence-electron chi connectivity index (χ4n) is 1.49. The molecule has 3 rings (SSSR count). The average Bonchev–Trinajstić information content (AvgIpc) is 2.97. The topological polar surface area (TPSA) is 66.5 Å². The first-order chi connectivity index (χ1) is 7.93. The summed E-state index contributed by atoms with van der Waals surface area (Å²) < 4.78 is 0. The van der Waals surface area contributed by atoms with E-state index >= 15 is 0 Å². The second-order valence-electron chi connectivity index (χ2n) is 3.25. The Kier molecular flexibility index (Phi) is 2.26. The number of thiophene rings is 1. The molecule has 6 heteroatoms. The van der Waals surface area contributed by atoms with Crippen LogP contribution >= 0.6 is 11.3 Å². The lowest BCUT2D eigenvalue weighted by Crippen LogP contribution is -2.03. The molecule has 0 atom stereocenters. The van der Waals surface area contributed by atoms with Gasteiger partial charge in [-0.15, -0.1) is 11.3 Å². The fraction of sp³-hybridized carbons (Fsp3) is 0.100. The molecule has 5 nitrogen and oxygen atoms in total. The number of anilines is 1. The molecule has 0 saturated carbocycles. The van der Waals surface area contributed by atoms with E-state index in [1.807, 2.05) is 11.4 Å². The van der Waals surface area contributed by atoms with E-state index < -0.39 is 0 Å². The summed E-state index contributed by atoms with van der Waals surface area (Å²) >= 11 is 1.61. The maximum Gasteiger partial charge on any atom is 0.138 e. The van der Waals surface area contributed by atoms with Crippen molar-refractivity contribution < 1.29 is 0 Å². The van der Waals surface area contributed by atoms with Crippen molar-refractivity contribution in [3.8, 4) is 0 Å². The van der Waals surface area contributed by atoms with Gasteiger partial charge in [0.25, 0.3) is 0 Å². The zero-order valence-corrected chi connectivity index (χ0v) is 9.16. The molecule has 0 aliphatic rings. The predicted octanol–water partition coefficient (Wildman–Crippen LogP) is 2.03. The normalized spacial score (nSPS) is 10.8. The van der Waals surface area contributed by atoms with Crippen molar-refractivity contribution in [2.45, 2.75) is 6.54 Å². The van der Waals surface area contributed by atoms with Crippen LogP contribution in [0.3, 0.4) is 0 Å². The van der Waals surface area contributed by atoms with Crippen LogP contribution in [0.15, 0.2) is 30.2 Å². The number of H-pyrrole nitrogens is 1. The van der Waals surface area contributed by atoms with Gasteiger partial charge in [-0.2, -0.15) is 0 Å². The first-order valence-electron chi connectivity index (χ1n) is 4.84. The minimum absolute atomic E-state index is 0.634. The summed E-state index contributed by atoms with van der Waals surface area (Å²) in [6.07, 6.45) is 5.11. The van der Waals surface area contributed by atoms with Crippen molar-refractivity contribution >= 4 is 27.4 Å². The minimum Gasteiger partial charge on any atom is -0.362 e. The van der Waals surface area contributed by atoms with Gasteiger partial charge < -0.3 is 10.3 Å². The summed E-state index contributed by atoms with van der Waals surface area (Å²) in [6.45, 7) is 0.634. The highest BCUT2D eigenvalue weighted by atomic mass is 32.1. The van der Waals surface area contributed by atoms with Gasteiger partial charge in [0.2, 0.25) is 0 Å². The maximum absolute atomic E-state index is 4.22. The molecule has 0 aromatic carbocycles. The molecule has 0 fully saturated rings. The Bertz CT molecular complexity index is 586. The molecule has 0 radical (unpaired) electrons. The van der Waals surface area contributed by atoms with Gasteiger partial charge in [0.05, 0.1) is 11.9 Å². The lowest BCUT2D eigenvalue weighted by atomic mass is 10.4. The van der Waals surface area contributed by atoms with Crippen LogP contribution in [0.4, 0.5) is 5.82 Å². The lowest BCUT2D eigenvalue weighted by molar-refractivity contribution is 0.989. The van der Waals surface area contributed by atoms with Crippen LogP contribution in [0.5, 0.6) is 0 Å². The number of hydrogen-bond acceptors (Lipinski definition) is 5. The Morgan fingerprint density at radius 2 is 2.31 bits per heavy atom. The lowest BCUT2D eigenvalue weighted by Gasteiger charge is -2.03. The summed E-state index contributed by atoms with van der Waals surface area (Å²) in [7, 11) is 0. The van der Waals surface area contributed by atoms with Gasteiger partial charge in [-0.05, 0) is 11.4 Å². The standard InChI is InChI=1S/C10H9N5S/c1-4-16-10-7(1)9(14-6-15-10)13-5-8-11-2-3-12-8/h1-4,6H,5H2,(H,11,12)(H,13,14,15). The summed E-state index contributed by atoms with van der Waals surface area (Å²) in [4.78, 5) is 16.6. The first-order valence-corrected chi connectivity index (χ1v) is 5.72. The number of rotatable bonds is 3. The third-order valence-electron chi connectivity index (χ3n) is 2.24. The van der Waals surface area contributed by atoms with Crippen LogP contribution in [-0.4, -0.2) is 19.9 Å². The number of aromatic amines is 1. The Morgan fingerprint density at radius 1 is 1.31 bits per heavy atom. The minimum atomic E-state index is 0.634.